The molecule has 2 atom stereocenters. The molecular formula is C35H40BN11O4. The zero-order chi connectivity index (χ0) is 36.2. The molecule has 0 bridgehead atoms. The van der Waals surface area contributed by atoms with Crippen LogP contribution in [0.5, 0.6) is 0 Å². The first-order valence-corrected chi connectivity index (χ1v) is 17.0. The predicted molar refractivity (Wildman–Crippen MR) is 192 cm³/mol. The molecule has 51 heavy (non-hydrogen) atoms. The lowest BCUT2D eigenvalue weighted by molar-refractivity contribution is -0.117. The van der Waals surface area contributed by atoms with E-state index >= 15 is 0 Å². The summed E-state index contributed by atoms with van der Waals surface area (Å²) in [5.41, 5.74) is 3.69. The summed E-state index contributed by atoms with van der Waals surface area (Å²) in [5.74, 6) is -0.547. The Morgan fingerprint density at radius 3 is 2.49 bits per heavy atom. The van der Waals surface area contributed by atoms with Crippen molar-refractivity contribution < 1.29 is 19.5 Å². The third-order valence-corrected chi connectivity index (χ3v) is 9.83. The van der Waals surface area contributed by atoms with E-state index in [-0.39, 0.29) is 58.6 Å². The van der Waals surface area contributed by atoms with Gasteiger partial charge in [0.05, 0.1) is 46.7 Å². The van der Waals surface area contributed by atoms with Crippen molar-refractivity contribution in [1.29, 1.82) is 0 Å². The fourth-order valence-corrected chi connectivity index (χ4v) is 6.83. The van der Waals surface area contributed by atoms with Gasteiger partial charge in [-0.1, -0.05) is 25.1 Å². The van der Waals surface area contributed by atoms with Crippen LogP contribution in [0.1, 0.15) is 70.6 Å². The summed E-state index contributed by atoms with van der Waals surface area (Å²) in [5, 5.41) is 33.4. The zero-order valence-electron chi connectivity index (χ0n) is 29.2. The average Bonchev–Trinajstić information content (AvgIpc) is 3.87. The van der Waals surface area contributed by atoms with E-state index in [1.807, 2.05) is 36.1 Å². The van der Waals surface area contributed by atoms with Crippen molar-refractivity contribution in [1.82, 2.24) is 40.1 Å². The number of nitrogens with one attached hydrogen (secondary N) is 3. The van der Waals surface area contributed by atoms with Crippen molar-refractivity contribution >= 4 is 48.4 Å². The summed E-state index contributed by atoms with van der Waals surface area (Å²) in [6.45, 7) is 2.95. The summed E-state index contributed by atoms with van der Waals surface area (Å²) in [6.07, 6.45) is 4.35. The molecule has 7 rings (SSSR count). The molecule has 1 aromatic carbocycles. The number of amides is 3. The van der Waals surface area contributed by atoms with Crippen LogP contribution in [0.3, 0.4) is 0 Å². The number of rotatable bonds is 10. The van der Waals surface area contributed by atoms with Crippen molar-refractivity contribution in [2.75, 3.05) is 56.8 Å². The van der Waals surface area contributed by atoms with E-state index in [2.05, 4.69) is 43.0 Å². The Labute approximate surface area is 296 Å². The minimum Gasteiger partial charge on any atom is -0.379 e. The molecule has 2 aliphatic heterocycles. The second-order valence-corrected chi connectivity index (χ2v) is 13.5. The highest BCUT2D eigenvalue weighted by molar-refractivity contribution is 6.14. The summed E-state index contributed by atoms with van der Waals surface area (Å²) < 4.78 is 2.03. The highest BCUT2D eigenvalue weighted by atomic mass is 16.3. The van der Waals surface area contributed by atoms with Gasteiger partial charge in [-0.15, -0.1) is 10.2 Å². The van der Waals surface area contributed by atoms with E-state index in [0.29, 0.717) is 18.8 Å². The van der Waals surface area contributed by atoms with Crippen LogP contribution < -0.4 is 20.9 Å². The molecule has 1 saturated carbocycles. The van der Waals surface area contributed by atoms with Crippen LogP contribution in [-0.4, -0.2) is 107 Å². The molecule has 2 fully saturated rings. The molecule has 4 aromatic rings. The van der Waals surface area contributed by atoms with Crippen molar-refractivity contribution in [3.8, 4) is 11.1 Å². The topological polar surface area (TPSA) is 174 Å². The number of carbonyl (C=O) groups is 3. The number of pyridine rings is 1. The van der Waals surface area contributed by atoms with Crippen LogP contribution in [0.25, 0.3) is 11.1 Å². The van der Waals surface area contributed by atoms with Gasteiger partial charge in [0.25, 0.3) is 11.8 Å². The molecule has 15 nitrogen and oxygen atoms in total. The Hall–Kier alpha value is -5.35. The Morgan fingerprint density at radius 1 is 1.06 bits per heavy atom. The second-order valence-electron chi connectivity index (χ2n) is 13.5. The van der Waals surface area contributed by atoms with E-state index in [9.17, 15) is 19.5 Å². The number of hydrogen-bond donors (Lipinski definition) is 4. The normalized spacial score (nSPS) is 18.2. The van der Waals surface area contributed by atoms with Crippen LogP contribution >= 0.6 is 0 Å². The Morgan fingerprint density at radius 2 is 1.80 bits per heavy atom. The number of carbonyl (C=O) groups excluding carboxylic acids is 3. The molecule has 4 N–H and O–H groups in total. The van der Waals surface area contributed by atoms with Crippen molar-refractivity contribution in [2.24, 2.45) is 5.92 Å². The molecule has 3 aromatic heterocycles. The van der Waals surface area contributed by atoms with E-state index in [1.54, 1.807) is 43.3 Å². The number of aromatic nitrogens is 5. The number of para-hydroxylation sites is 1. The molecule has 0 spiro atoms. The van der Waals surface area contributed by atoms with Gasteiger partial charge in [0.1, 0.15) is 19.2 Å². The molecule has 2 radical (unpaired) electrons. The second kappa shape index (κ2) is 13.1. The first-order valence-electron chi connectivity index (χ1n) is 17.0. The number of nitrogens with zero attached hydrogens (tertiary/aromatic N) is 8. The highest BCUT2D eigenvalue weighted by Crippen LogP contribution is 2.50. The standard InChI is InChI=1S/C35H40BN11O4/c1-6-26-31-22(16-38-47(31)20-17-46(18-20)35(36,51)27-12-8-11-24(40-27)33(49)37-2)21-9-7-10-23(30(21)45(26)5)39-25-15-28(41-32(48)19-13-14-19)42-43-29(25)34(50)44(3)4/h7-12,15-16,19-20,26,51H,6,13-14,17-18H2,1-5H3,(H,37,49)(H2,39,41,42,48). The lowest BCUT2D eigenvalue weighted by Crippen LogP contribution is -2.59. The number of benzene rings is 1. The molecule has 3 aliphatic rings. The monoisotopic (exact) mass is 689 g/mol. The first-order chi connectivity index (χ1) is 24.4. The minimum atomic E-state index is -1.88. The maximum atomic E-state index is 13.2. The van der Waals surface area contributed by atoms with Gasteiger partial charge in [-0.2, -0.15) is 5.10 Å². The number of hydrogen-bond acceptors (Lipinski definition) is 11. The lowest BCUT2D eigenvalue weighted by Gasteiger charge is -2.49. The Bertz CT molecular complexity index is 2020. The Kier molecular flexibility index (Phi) is 8.75. The maximum absolute atomic E-state index is 13.2. The van der Waals surface area contributed by atoms with E-state index in [1.165, 1.54) is 11.9 Å². The van der Waals surface area contributed by atoms with Crippen molar-refractivity contribution in [3.63, 3.8) is 0 Å². The summed E-state index contributed by atoms with van der Waals surface area (Å²) >= 11 is 0. The zero-order valence-corrected chi connectivity index (χ0v) is 29.2. The molecule has 262 valence electrons. The quantitative estimate of drug-likeness (QED) is 0.180. The minimum absolute atomic E-state index is 0.0176. The number of likely N-dealkylation sites (tertiary alicyclic amines) is 1. The van der Waals surface area contributed by atoms with Gasteiger partial charge < -0.3 is 30.9 Å². The van der Waals surface area contributed by atoms with Gasteiger partial charge in [0.15, 0.2) is 11.5 Å². The fraction of sp³-hybridized carbons (Fsp3) is 0.400. The van der Waals surface area contributed by atoms with E-state index in [4.69, 9.17) is 12.9 Å². The van der Waals surface area contributed by atoms with Gasteiger partial charge in [0.2, 0.25) is 5.91 Å². The maximum Gasteiger partial charge on any atom is 0.276 e. The largest absolute Gasteiger partial charge is 0.379 e. The molecule has 16 heteroatoms. The van der Waals surface area contributed by atoms with Crippen LogP contribution in [0, 0.1) is 5.92 Å². The SMILES string of the molecule is [B]C(O)(c1cccc(C(=O)NC)n1)N1CC(n2ncc3c2C(CC)N(C)c2c(Nc4cc(NC(=O)C5CC5)nnc4C(=O)N(C)C)cccc2-3)C1. The van der Waals surface area contributed by atoms with Crippen LogP contribution in [0.4, 0.5) is 22.9 Å². The number of aliphatic hydroxyl groups is 1. The third kappa shape index (κ3) is 6.07. The van der Waals surface area contributed by atoms with Gasteiger partial charge in [-0.25, -0.2) is 4.98 Å². The molecular weight excluding hydrogens is 649 g/mol. The van der Waals surface area contributed by atoms with Gasteiger partial charge >= 0.3 is 0 Å². The van der Waals surface area contributed by atoms with Gasteiger partial charge in [-0.05, 0) is 37.5 Å². The van der Waals surface area contributed by atoms with Crippen LogP contribution in [0.2, 0.25) is 0 Å². The average molecular weight is 690 g/mol. The number of anilines is 4. The first kappa shape index (κ1) is 34.1. The molecule has 1 saturated heterocycles. The molecule has 3 amide bonds. The van der Waals surface area contributed by atoms with Crippen LogP contribution in [-0.2, 0) is 10.4 Å². The number of fused-ring (bicyclic) bond motifs is 3. The summed E-state index contributed by atoms with van der Waals surface area (Å²) in [7, 11) is 13.3. The van der Waals surface area contributed by atoms with Crippen molar-refractivity contribution in [3.05, 3.63) is 71.4 Å². The molecule has 5 heterocycles. The smallest absolute Gasteiger partial charge is 0.276 e. The molecule has 2 unspecified atom stereocenters. The predicted octanol–water partition coefficient (Wildman–Crippen LogP) is 2.62. The van der Waals surface area contributed by atoms with E-state index in [0.717, 1.165) is 47.5 Å². The fourth-order valence-electron chi connectivity index (χ4n) is 6.83. The lowest BCUT2D eigenvalue weighted by atomic mass is 9.82. The highest BCUT2D eigenvalue weighted by Gasteiger charge is 2.44. The summed E-state index contributed by atoms with van der Waals surface area (Å²) in [6, 6.07) is 12.3. The van der Waals surface area contributed by atoms with Crippen LogP contribution in [0.15, 0.2) is 48.7 Å². The van der Waals surface area contributed by atoms with E-state index < -0.39 is 5.62 Å². The third-order valence-electron chi connectivity index (χ3n) is 9.83. The molecule has 1 aliphatic carbocycles. The summed E-state index contributed by atoms with van der Waals surface area (Å²) in [4.78, 5) is 47.5. The van der Waals surface area contributed by atoms with Gasteiger partial charge in [-0.3, -0.25) is 24.0 Å². The Balaban J connectivity index is 1.18. The van der Waals surface area contributed by atoms with Crippen molar-refractivity contribution in [2.45, 2.75) is 43.9 Å². The van der Waals surface area contributed by atoms with Gasteiger partial charge in [0, 0.05) is 64.4 Å².